The minimum Gasteiger partial charge on any atom is -0.361 e. The monoisotopic (exact) mass is 374 g/mol. The van der Waals surface area contributed by atoms with Crippen LogP contribution in [0.25, 0.3) is 0 Å². The number of thiazole rings is 1. The molecule has 0 aliphatic carbocycles. The van der Waals surface area contributed by atoms with Crippen LogP contribution >= 0.6 is 11.3 Å². The summed E-state index contributed by atoms with van der Waals surface area (Å²) in [5, 5.41) is 7.11. The molecule has 3 saturated heterocycles. The lowest BCUT2D eigenvalue weighted by Crippen LogP contribution is -2.48. The molecular weight excluding hydrogens is 348 g/mol. The number of hydrogen-bond acceptors (Lipinski definition) is 6. The van der Waals surface area contributed by atoms with Gasteiger partial charge in [0.1, 0.15) is 5.76 Å². The number of hydrogen-bond donors (Lipinski definition) is 0. The van der Waals surface area contributed by atoms with Crippen LogP contribution < -0.4 is 0 Å². The molecule has 3 fully saturated rings. The summed E-state index contributed by atoms with van der Waals surface area (Å²) in [5.74, 6) is 1.69. The molecule has 2 atom stereocenters. The Labute approximate surface area is 158 Å². The van der Waals surface area contributed by atoms with Crippen LogP contribution in [-0.2, 0) is 17.8 Å². The number of fused-ring (bicyclic) bond motifs is 4. The zero-order chi connectivity index (χ0) is 18.3. The fraction of sp³-hybridized carbons (Fsp3) is 0.632. The molecule has 5 heterocycles. The first-order valence-electron chi connectivity index (χ1n) is 9.34. The average molecular weight is 375 g/mol. The third-order valence-corrected chi connectivity index (χ3v) is 6.49. The van der Waals surface area contributed by atoms with E-state index >= 15 is 0 Å². The smallest absolute Gasteiger partial charge is 0.228 e. The van der Waals surface area contributed by atoms with Crippen LogP contribution in [0.5, 0.6) is 0 Å². The van der Waals surface area contributed by atoms with Crippen molar-refractivity contribution in [1.82, 2.24) is 19.9 Å². The SMILES string of the molecule is Cc1nc(CC(=O)N2C[C@H]3CC[C@@H]2CN(Cc2c(C)noc2C)C3)cs1. The highest BCUT2D eigenvalue weighted by Gasteiger charge is 2.37. The van der Waals surface area contributed by atoms with E-state index in [1.165, 1.54) is 12.0 Å². The molecule has 2 aromatic heterocycles. The third kappa shape index (κ3) is 3.55. The second kappa shape index (κ2) is 7.12. The van der Waals surface area contributed by atoms with Crippen LogP contribution in [0, 0.1) is 26.7 Å². The van der Waals surface area contributed by atoms with Crippen molar-refractivity contribution in [1.29, 1.82) is 0 Å². The van der Waals surface area contributed by atoms with E-state index in [4.69, 9.17) is 4.52 Å². The fourth-order valence-electron chi connectivity index (χ4n) is 4.31. The normalized spacial score (nSPS) is 23.4. The van der Waals surface area contributed by atoms with E-state index in [1.807, 2.05) is 26.2 Å². The number of carbonyl (C=O) groups excluding carboxylic acids is 1. The number of rotatable bonds is 4. The van der Waals surface area contributed by atoms with Gasteiger partial charge >= 0.3 is 0 Å². The van der Waals surface area contributed by atoms with Gasteiger partial charge < -0.3 is 9.42 Å². The van der Waals surface area contributed by atoms with Crippen molar-refractivity contribution in [3.05, 3.63) is 33.1 Å². The van der Waals surface area contributed by atoms with Crippen LogP contribution in [0.2, 0.25) is 0 Å². The Bertz CT molecular complexity index is 780. The van der Waals surface area contributed by atoms with E-state index in [9.17, 15) is 4.79 Å². The summed E-state index contributed by atoms with van der Waals surface area (Å²) in [5.41, 5.74) is 3.08. The summed E-state index contributed by atoms with van der Waals surface area (Å²) in [4.78, 5) is 22.0. The maximum absolute atomic E-state index is 12.9. The molecule has 0 aromatic carbocycles. The average Bonchev–Trinajstić information content (AvgIpc) is 3.02. The van der Waals surface area contributed by atoms with Crippen LogP contribution in [0.4, 0.5) is 0 Å². The van der Waals surface area contributed by atoms with Crippen LogP contribution in [0.15, 0.2) is 9.90 Å². The molecule has 6 nitrogen and oxygen atoms in total. The number of nitrogens with zero attached hydrogens (tertiary/aromatic N) is 4. The highest BCUT2D eigenvalue weighted by atomic mass is 32.1. The second-order valence-electron chi connectivity index (χ2n) is 7.67. The standard InChI is InChI=1S/C19H26N4O2S/c1-12-18(13(2)25-21-12)10-22-7-15-4-5-17(9-22)23(8-15)19(24)6-16-11-26-14(3)20-16/h11,15,17H,4-10H2,1-3H3/t15-,17+/m0/s1. The van der Waals surface area contributed by atoms with Crippen molar-refractivity contribution in [2.24, 2.45) is 5.92 Å². The van der Waals surface area contributed by atoms with Crippen molar-refractivity contribution < 1.29 is 9.32 Å². The van der Waals surface area contributed by atoms with Crippen LogP contribution in [0.1, 0.15) is 40.6 Å². The molecule has 7 heteroatoms. The predicted molar refractivity (Wildman–Crippen MR) is 100 cm³/mol. The van der Waals surface area contributed by atoms with E-state index in [2.05, 4.69) is 19.9 Å². The molecule has 0 unspecified atom stereocenters. The van der Waals surface area contributed by atoms with Gasteiger partial charge in [-0.05, 0) is 39.5 Å². The number of amides is 1. The molecule has 0 N–H and O–H groups in total. The molecule has 3 aliphatic rings. The predicted octanol–water partition coefficient (Wildman–Crippen LogP) is 2.72. The molecule has 1 amide bonds. The number of aryl methyl sites for hydroxylation is 3. The largest absolute Gasteiger partial charge is 0.361 e. The first kappa shape index (κ1) is 17.7. The summed E-state index contributed by atoms with van der Waals surface area (Å²) >= 11 is 1.61. The molecule has 0 radical (unpaired) electrons. The lowest BCUT2D eigenvalue weighted by atomic mass is 9.94. The Morgan fingerprint density at radius 1 is 1.27 bits per heavy atom. The zero-order valence-electron chi connectivity index (χ0n) is 15.7. The van der Waals surface area contributed by atoms with E-state index in [0.29, 0.717) is 18.4 Å². The summed E-state index contributed by atoms with van der Waals surface area (Å²) in [6, 6.07) is 0.307. The molecule has 0 saturated carbocycles. The summed E-state index contributed by atoms with van der Waals surface area (Å²) in [7, 11) is 0. The first-order valence-corrected chi connectivity index (χ1v) is 10.2. The highest BCUT2D eigenvalue weighted by Crippen LogP contribution is 2.30. The Hall–Kier alpha value is -1.73. The zero-order valence-corrected chi connectivity index (χ0v) is 16.5. The molecule has 140 valence electrons. The molecule has 3 aliphatic heterocycles. The Balaban J connectivity index is 1.45. The number of carbonyl (C=O) groups is 1. The maximum atomic E-state index is 12.9. The topological polar surface area (TPSA) is 62.5 Å². The first-order chi connectivity index (χ1) is 12.5. The van der Waals surface area contributed by atoms with Gasteiger partial charge in [0.2, 0.25) is 5.91 Å². The lowest BCUT2D eigenvalue weighted by Gasteiger charge is -2.36. The van der Waals surface area contributed by atoms with Crippen molar-refractivity contribution in [2.45, 2.75) is 52.6 Å². The van der Waals surface area contributed by atoms with E-state index in [-0.39, 0.29) is 5.91 Å². The Morgan fingerprint density at radius 2 is 2.12 bits per heavy atom. The van der Waals surface area contributed by atoms with Crippen molar-refractivity contribution in [3.8, 4) is 0 Å². The fourth-order valence-corrected chi connectivity index (χ4v) is 4.92. The second-order valence-corrected chi connectivity index (χ2v) is 8.74. The lowest BCUT2D eigenvalue weighted by molar-refractivity contribution is -0.134. The molecule has 26 heavy (non-hydrogen) atoms. The molecule has 0 spiro atoms. The van der Waals surface area contributed by atoms with E-state index < -0.39 is 0 Å². The number of piperidine rings is 1. The van der Waals surface area contributed by atoms with Gasteiger partial charge in [-0.1, -0.05) is 5.16 Å². The van der Waals surface area contributed by atoms with Crippen molar-refractivity contribution in [3.63, 3.8) is 0 Å². The van der Waals surface area contributed by atoms with Crippen LogP contribution in [-0.4, -0.2) is 51.5 Å². The van der Waals surface area contributed by atoms with Gasteiger partial charge in [0.25, 0.3) is 0 Å². The maximum Gasteiger partial charge on any atom is 0.228 e. The van der Waals surface area contributed by atoms with Gasteiger partial charge in [-0.2, -0.15) is 0 Å². The minimum absolute atomic E-state index is 0.226. The van der Waals surface area contributed by atoms with Gasteiger partial charge in [0.05, 0.1) is 22.8 Å². The Morgan fingerprint density at radius 3 is 2.81 bits per heavy atom. The summed E-state index contributed by atoms with van der Waals surface area (Å²) < 4.78 is 5.32. The molecule has 5 rings (SSSR count). The Kier molecular flexibility index (Phi) is 4.84. The summed E-state index contributed by atoms with van der Waals surface area (Å²) in [6.45, 7) is 9.69. The van der Waals surface area contributed by atoms with Gasteiger partial charge in [-0.25, -0.2) is 4.98 Å². The van der Waals surface area contributed by atoms with Gasteiger partial charge in [0.15, 0.2) is 0 Å². The van der Waals surface area contributed by atoms with Crippen molar-refractivity contribution >= 4 is 17.2 Å². The highest BCUT2D eigenvalue weighted by molar-refractivity contribution is 7.09. The summed E-state index contributed by atoms with van der Waals surface area (Å²) in [6.07, 6.45) is 2.74. The van der Waals surface area contributed by atoms with E-state index in [1.54, 1.807) is 11.3 Å². The number of aromatic nitrogens is 2. The van der Waals surface area contributed by atoms with Crippen LogP contribution in [0.3, 0.4) is 0 Å². The van der Waals surface area contributed by atoms with Crippen molar-refractivity contribution in [2.75, 3.05) is 19.6 Å². The van der Waals surface area contributed by atoms with Gasteiger partial charge in [-0.15, -0.1) is 11.3 Å². The van der Waals surface area contributed by atoms with Gasteiger partial charge in [0, 0.05) is 43.2 Å². The molecular formula is C19H26N4O2S. The minimum atomic E-state index is 0.226. The third-order valence-electron chi connectivity index (χ3n) is 5.67. The van der Waals surface area contributed by atoms with E-state index in [0.717, 1.165) is 54.8 Å². The molecule has 2 aromatic rings. The quantitative estimate of drug-likeness (QED) is 0.823. The molecule has 2 bridgehead atoms. The van der Waals surface area contributed by atoms with Gasteiger partial charge in [-0.3, -0.25) is 9.69 Å².